The molecule has 1 heterocycles. The number of nitrogens with two attached hydrogens (primary N) is 1. The zero-order chi connectivity index (χ0) is 13.0. The summed E-state index contributed by atoms with van der Waals surface area (Å²) in [5, 5.41) is 2.36. The van der Waals surface area contributed by atoms with Crippen molar-refractivity contribution in [3.05, 3.63) is 35.1 Å². The minimum atomic E-state index is -0.0898. The Bertz CT molecular complexity index is 386. The maximum absolute atomic E-state index is 13.5. The molecular formula is C15H25FN2+2. The largest absolute Gasteiger partial charge is 0.337 e. The Morgan fingerprint density at radius 2 is 2.00 bits per heavy atom. The Balaban J connectivity index is 2.26. The van der Waals surface area contributed by atoms with E-state index in [1.165, 1.54) is 37.1 Å². The number of rotatable bonds is 5. The molecule has 1 atom stereocenters. The standard InChI is InChI=1S/C15H23FN2/c1-3-7-18(8-4-2)15-11-17-10-12-5-6-13(16)9-14(12)15/h5-6,9,15,17H,3-4,7-8,10-11H2,1-2H3/p+2/t15-/m1/s1. The molecule has 0 aliphatic carbocycles. The number of hydrogen-bond donors (Lipinski definition) is 2. The highest BCUT2D eigenvalue weighted by Gasteiger charge is 2.30. The van der Waals surface area contributed by atoms with Crippen molar-refractivity contribution in [2.75, 3.05) is 19.6 Å². The highest BCUT2D eigenvalue weighted by atomic mass is 19.1. The molecule has 0 saturated heterocycles. The topological polar surface area (TPSA) is 21.1 Å². The molecule has 1 aliphatic heterocycles. The molecular weight excluding hydrogens is 227 g/mol. The van der Waals surface area contributed by atoms with Crippen LogP contribution in [0.25, 0.3) is 0 Å². The van der Waals surface area contributed by atoms with Gasteiger partial charge in [0.1, 0.15) is 18.9 Å². The molecule has 2 rings (SSSR count). The molecule has 1 aromatic carbocycles. The van der Waals surface area contributed by atoms with Crippen LogP contribution in [0, 0.1) is 5.82 Å². The van der Waals surface area contributed by atoms with Crippen molar-refractivity contribution in [2.24, 2.45) is 0 Å². The van der Waals surface area contributed by atoms with E-state index in [1.54, 1.807) is 17.0 Å². The number of halogens is 1. The van der Waals surface area contributed by atoms with Gasteiger partial charge in [-0.1, -0.05) is 13.8 Å². The maximum atomic E-state index is 13.5. The van der Waals surface area contributed by atoms with E-state index in [0.29, 0.717) is 6.04 Å². The molecule has 2 nitrogen and oxygen atoms in total. The summed E-state index contributed by atoms with van der Waals surface area (Å²) in [5.74, 6) is -0.0898. The second kappa shape index (κ2) is 6.30. The van der Waals surface area contributed by atoms with Gasteiger partial charge in [0.15, 0.2) is 6.04 Å². The molecule has 0 fully saturated rings. The summed E-state index contributed by atoms with van der Waals surface area (Å²) in [6.45, 7) is 8.91. The zero-order valence-electron chi connectivity index (χ0n) is 11.5. The molecule has 0 radical (unpaired) electrons. The lowest BCUT2D eigenvalue weighted by Crippen LogP contribution is -3.15. The molecule has 0 aromatic heterocycles. The van der Waals surface area contributed by atoms with Crippen LogP contribution in [0.4, 0.5) is 4.39 Å². The van der Waals surface area contributed by atoms with E-state index in [2.05, 4.69) is 19.2 Å². The van der Waals surface area contributed by atoms with Crippen molar-refractivity contribution in [3.8, 4) is 0 Å². The van der Waals surface area contributed by atoms with Crippen molar-refractivity contribution >= 4 is 0 Å². The summed E-state index contributed by atoms with van der Waals surface area (Å²) < 4.78 is 13.5. The van der Waals surface area contributed by atoms with E-state index in [-0.39, 0.29) is 5.82 Å². The number of benzene rings is 1. The van der Waals surface area contributed by atoms with E-state index >= 15 is 0 Å². The lowest BCUT2D eigenvalue weighted by Gasteiger charge is -2.31. The van der Waals surface area contributed by atoms with Crippen LogP contribution in [0.2, 0.25) is 0 Å². The normalized spacial score (nSPS) is 19.0. The maximum Gasteiger partial charge on any atom is 0.163 e. The molecule has 0 saturated carbocycles. The van der Waals surface area contributed by atoms with Gasteiger partial charge in [-0.2, -0.15) is 0 Å². The van der Waals surface area contributed by atoms with Crippen molar-refractivity contribution in [3.63, 3.8) is 0 Å². The molecule has 18 heavy (non-hydrogen) atoms. The minimum Gasteiger partial charge on any atom is -0.337 e. The fourth-order valence-corrected chi connectivity index (χ4v) is 3.11. The SMILES string of the molecule is CCC[NH+](CCC)[C@@H]1C[NH2+]Cc2ccc(F)cc21. The van der Waals surface area contributed by atoms with Gasteiger partial charge in [-0.3, -0.25) is 0 Å². The minimum absolute atomic E-state index is 0.0898. The van der Waals surface area contributed by atoms with E-state index in [1.807, 2.05) is 6.07 Å². The molecule has 0 spiro atoms. The summed E-state index contributed by atoms with van der Waals surface area (Å²) in [6, 6.07) is 5.78. The van der Waals surface area contributed by atoms with Gasteiger partial charge in [-0.05, 0) is 31.0 Å². The van der Waals surface area contributed by atoms with E-state index in [4.69, 9.17) is 0 Å². The van der Waals surface area contributed by atoms with E-state index in [0.717, 1.165) is 13.1 Å². The van der Waals surface area contributed by atoms with Crippen LogP contribution in [0.3, 0.4) is 0 Å². The third-order valence-electron chi connectivity index (χ3n) is 3.88. The van der Waals surface area contributed by atoms with Gasteiger partial charge in [0.2, 0.25) is 0 Å². The van der Waals surface area contributed by atoms with Crippen LogP contribution in [-0.4, -0.2) is 19.6 Å². The predicted molar refractivity (Wildman–Crippen MR) is 70.9 cm³/mol. The third kappa shape index (κ3) is 2.90. The van der Waals surface area contributed by atoms with E-state index < -0.39 is 0 Å². The second-order valence-electron chi connectivity index (χ2n) is 5.28. The first-order valence-corrected chi connectivity index (χ1v) is 7.20. The highest BCUT2D eigenvalue weighted by molar-refractivity contribution is 5.30. The number of nitrogens with one attached hydrogen (secondary N) is 1. The predicted octanol–water partition coefficient (Wildman–Crippen LogP) is 0.649. The molecule has 3 heteroatoms. The van der Waals surface area contributed by atoms with Crippen LogP contribution in [0.15, 0.2) is 18.2 Å². The molecule has 0 bridgehead atoms. The van der Waals surface area contributed by atoms with Crippen LogP contribution in [-0.2, 0) is 6.54 Å². The average molecular weight is 252 g/mol. The van der Waals surface area contributed by atoms with Crippen molar-refractivity contribution in [1.82, 2.24) is 0 Å². The van der Waals surface area contributed by atoms with Crippen LogP contribution in [0.1, 0.15) is 43.9 Å². The van der Waals surface area contributed by atoms with Gasteiger partial charge in [0.25, 0.3) is 0 Å². The molecule has 0 unspecified atom stereocenters. The molecule has 3 N–H and O–H groups in total. The lowest BCUT2D eigenvalue weighted by atomic mass is 9.95. The number of fused-ring (bicyclic) bond motifs is 1. The van der Waals surface area contributed by atoms with Gasteiger partial charge in [-0.25, -0.2) is 4.39 Å². The first-order chi connectivity index (χ1) is 8.76. The van der Waals surface area contributed by atoms with E-state index in [9.17, 15) is 4.39 Å². The van der Waals surface area contributed by atoms with Crippen LogP contribution < -0.4 is 10.2 Å². The first-order valence-electron chi connectivity index (χ1n) is 7.20. The summed E-state index contributed by atoms with van der Waals surface area (Å²) in [7, 11) is 0. The number of hydrogen-bond acceptors (Lipinski definition) is 0. The smallest absolute Gasteiger partial charge is 0.163 e. The fourth-order valence-electron chi connectivity index (χ4n) is 3.11. The second-order valence-corrected chi connectivity index (χ2v) is 5.28. The Hall–Kier alpha value is -0.930. The molecule has 1 aliphatic rings. The summed E-state index contributed by atoms with van der Waals surface area (Å²) in [6.07, 6.45) is 2.38. The Kier molecular flexibility index (Phi) is 4.72. The quantitative estimate of drug-likeness (QED) is 0.768. The van der Waals surface area contributed by atoms with Gasteiger partial charge in [-0.15, -0.1) is 0 Å². The van der Waals surface area contributed by atoms with Gasteiger partial charge >= 0.3 is 0 Å². The lowest BCUT2D eigenvalue weighted by molar-refractivity contribution is -0.948. The molecule has 1 aromatic rings. The van der Waals surface area contributed by atoms with Crippen molar-refractivity contribution < 1.29 is 14.6 Å². The van der Waals surface area contributed by atoms with Gasteiger partial charge in [0.05, 0.1) is 13.1 Å². The average Bonchev–Trinajstić information content (AvgIpc) is 2.38. The summed E-state index contributed by atoms with van der Waals surface area (Å²) in [4.78, 5) is 1.61. The monoisotopic (exact) mass is 252 g/mol. The number of quaternary nitrogens is 2. The highest BCUT2D eigenvalue weighted by Crippen LogP contribution is 2.18. The van der Waals surface area contributed by atoms with Gasteiger partial charge < -0.3 is 10.2 Å². The summed E-state index contributed by atoms with van der Waals surface area (Å²) in [5.41, 5.74) is 2.56. The van der Waals surface area contributed by atoms with Crippen LogP contribution >= 0.6 is 0 Å². The molecule has 0 amide bonds. The van der Waals surface area contributed by atoms with Gasteiger partial charge in [0, 0.05) is 11.1 Å². The summed E-state index contributed by atoms with van der Waals surface area (Å²) >= 11 is 0. The Labute approximate surface area is 109 Å². The van der Waals surface area contributed by atoms with Crippen LogP contribution in [0.5, 0.6) is 0 Å². The third-order valence-corrected chi connectivity index (χ3v) is 3.88. The first kappa shape index (κ1) is 13.5. The Morgan fingerprint density at radius 3 is 2.67 bits per heavy atom. The van der Waals surface area contributed by atoms with Crippen molar-refractivity contribution in [2.45, 2.75) is 39.3 Å². The van der Waals surface area contributed by atoms with Crippen molar-refractivity contribution in [1.29, 1.82) is 0 Å². The Morgan fingerprint density at radius 1 is 1.28 bits per heavy atom. The zero-order valence-corrected chi connectivity index (χ0v) is 11.5. The molecule has 100 valence electrons. The fraction of sp³-hybridized carbons (Fsp3) is 0.600.